The van der Waals surface area contributed by atoms with Gasteiger partial charge >= 0.3 is 0 Å². The molecule has 1 aliphatic rings. The first-order valence-corrected chi connectivity index (χ1v) is 6.37. The van der Waals surface area contributed by atoms with E-state index < -0.39 is 0 Å². The van der Waals surface area contributed by atoms with Gasteiger partial charge in [0.05, 0.1) is 19.8 Å². The van der Waals surface area contributed by atoms with E-state index in [0.717, 1.165) is 31.7 Å². The monoisotopic (exact) mass is 253 g/mol. The third-order valence-corrected chi connectivity index (χ3v) is 3.13. The van der Waals surface area contributed by atoms with Crippen LogP contribution >= 0.6 is 0 Å². The molecule has 1 heterocycles. The fraction of sp³-hybridized carbons (Fsp3) is 0.571. The summed E-state index contributed by atoms with van der Waals surface area (Å²) in [6, 6.07) is 5.15. The maximum Gasteiger partial charge on any atom is 0.128 e. The molecule has 0 radical (unpaired) electrons. The Morgan fingerprint density at radius 3 is 3.11 bits per heavy atom. The van der Waals surface area contributed by atoms with Crippen molar-refractivity contribution in [3.63, 3.8) is 0 Å². The highest BCUT2D eigenvalue weighted by Gasteiger charge is 2.15. The summed E-state index contributed by atoms with van der Waals surface area (Å²) in [5.41, 5.74) is 1.70. The Balaban J connectivity index is 1.85. The van der Waals surface area contributed by atoms with Crippen LogP contribution in [-0.2, 0) is 22.6 Å². The van der Waals surface area contributed by atoms with E-state index in [0.29, 0.717) is 24.7 Å². The molecule has 3 nitrogen and oxygen atoms in total. The van der Waals surface area contributed by atoms with Crippen LogP contribution in [0.2, 0.25) is 0 Å². The lowest BCUT2D eigenvalue weighted by molar-refractivity contribution is 0.0775. The number of benzene rings is 1. The van der Waals surface area contributed by atoms with Gasteiger partial charge in [-0.1, -0.05) is 6.07 Å². The van der Waals surface area contributed by atoms with E-state index in [1.807, 2.05) is 13.1 Å². The van der Waals surface area contributed by atoms with E-state index in [1.165, 1.54) is 6.07 Å². The minimum atomic E-state index is -0.197. The lowest BCUT2D eigenvalue weighted by Crippen LogP contribution is -2.10. The maximum absolute atomic E-state index is 13.6. The average Bonchev–Trinajstić information content (AvgIpc) is 2.86. The number of ether oxygens (including phenoxy) is 2. The molecule has 18 heavy (non-hydrogen) atoms. The smallest absolute Gasteiger partial charge is 0.128 e. The highest BCUT2D eigenvalue weighted by atomic mass is 19.1. The van der Waals surface area contributed by atoms with Crippen molar-refractivity contribution in [3.05, 3.63) is 35.1 Å². The summed E-state index contributed by atoms with van der Waals surface area (Å²) in [5, 5.41) is 3.05. The summed E-state index contributed by atoms with van der Waals surface area (Å²) in [7, 11) is 1.87. The van der Waals surface area contributed by atoms with Gasteiger partial charge in [-0.25, -0.2) is 4.39 Å². The van der Waals surface area contributed by atoms with Crippen molar-refractivity contribution in [2.45, 2.75) is 19.6 Å². The summed E-state index contributed by atoms with van der Waals surface area (Å²) < 4.78 is 24.4. The van der Waals surface area contributed by atoms with Crippen molar-refractivity contribution in [1.82, 2.24) is 5.32 Å². The Labute approximate surface area is 107 Å². The van der Waals surface area contributed by atoms with Crippen LogP contribution in [0.3, 0.4) is 0 Å². The van der Waals surface area contributed by atoms with Crippen LogP contribution in [-0.4, -0.2) is 26.9 Å². The van der Waals surface area contributed by atoms with E-state index in [-0.39, 0.29) is 5.82 Å². The first-order valence-electron chi connectivity index (χ1n) is 6.37. The fourth-order valence-electron chi connectivity index (χ4n) is 2.10. The number of nitrogens with one attached hydrogen (secondary N) is 1. The van der Waals surface area contributed by atoms with Gasteiger partial charge < -0.3 is 14.8 Å². The van der Waals surface area contributed by atoms with Crippen LogP contribution in [0.5, 0.6) is 0 Å². The minimum Gasteiger partial charge on any atom is -0.381 e. The van der Waals surface area contributed by atoms with Gasteiger partial charge in [-0.2, -0.15) is 0 Å². The van der Waals surface area contributed by atoms with Gasteiger partial charge in [0.2, 0.25) is 0 Å². The van der Waals surface area contributed by atoms with E-state index in [9.17, 15) is 4.39 Å². The lowest BCUT2D eigenvalue weighted by atomic mass is 10.1. The zero-order valence-corrected chi connectivity index (χ0v) is 10.7. The minimum absolute atomic E-state index is 0.197. The predicted molar refractivity (Wildman–Crippen MR) is 67.7 cm³/mol. The number of halogens is 1. The molecular weight excluding hydrogens is 233 g/mol. The van der Waals surface area contributed by atoms with Crippen LogP contribution in [0, 0.1) is 11.7 Å². The zero-order valence-electron chi connectivity index (χ0n) is 10.7. The zero-order chi connectivity index (χ0) is 12.8. The van der Waals surface area contributed by atoms with Crippen molar-refractivity contribution >= 4 is 0 Å². The van der Waals surface area contributed by atoms with Gasteiger partial charge in [0, 0.05) is 24.6 Å². The summed E-state index contributed by atoms with van der Waals surface area (Å²) >= 11 is 0. The van der Waals surface area contributed by atoms with E-state index in [2.05, 4.69) is 5.32 Å². The molecule has 0 spiro atoms. The predicted octanol–water partition coefficient (Wildman–Crippen LogP) is 2.10. The molecule has 100 valence electrons. The molecule has 1 aromatic rings. The molecule has 1 unspecified atom stereocenters. The van der Waals surface area contributed by atoms with Crippen molar-refractivity contribution in [1.29, 1.82) is 0 Å². The molecule has 0 saturated carbocycles. The van der Waals surface area contributed by atoms with Crippen LogP contribution in [0.4, 0.5) is 4.39 Å². The Hall–Kier alpha value is -0.970. The standard InChI is InChI=1S/C14H20FNO2/c1-16-7-11-2-3-14(15)13(6-11)10-18-9-12-4-5-17-8-12/h2-3,6,12,16H,4-5,7-10H2,1H3. The third-order valence-electron chi connectivity index (χ3n) is 3.13. The van der Waals surface area contributed by atoms with Gasteiger partial charge in [-0.05, 0) is 31.2 Å². The summed E-state index contributed by atoms with van der Waals surface area (Å²) in [6.07, 6.45) is 1.04. The average molecular weight is 253 g/mol. The van der Waals surface area contributed by atoms with Crippen LogP contribution in [0.15, 0.2) is 18.2 Å². The molecule has 0 amide bonds. The lowest BCUT2D eigenvalue weighted by Gasteiger charge is -2.10. The highest BCUT2D eigenvalue weighted by molar-refractivity contribution is 5.24. The molecule has 0 aliphatic carbocycles. The van der Waals surface area contributed by atoms with Crippen molar-refractivity contribution in [2.75, 3.05) is 26.9 Å². The van der Waals surface area contributed by atoms with Crippen molar-refractivity contribution < 1.29 is 13.9 Å². The van der Waals surface area contributed by atoms with E-state index >= 15 is 0 Å². The molecule has 1 aliphatic heterocycles. The number of hydrogen-bond donors (Lipinski definition) is 1. The molecular formula is C14H20FNO2. The molecule has 0 aromatic heterocycles. The molecule has 1 aromatic carbocycles. The first-order chi connectivity index (χ1) is 8.79. The van der Waals surface area contributed by atoms with Gasteiger partial charge in [0.1, 0.15) is 5.82 Å². The van der Waals surface area contributed by atoms with Crippen LogP contribution in [0.1, 0.15) is 17.5 Å². The van der Waals surface area contributed by atoms with E-state index in [1.54, 1.807) is 6.07 Å². The second kappa shape index (κ2) is 6.83. The SMILES string of the molecule is CNCc1ccc(F)c(COCC2CCOC2)c1. The van der Waals surface area contributed by atoms with Crippen LogP contribution in [0.25, 0.3) is 0 Å². The van der Waals surface area contributed by atoms with Gasteiger partial charge in [0.25, 0.3) is 0 Å². The normalized spacial score (nSPS) is 19.3. The van der Waals surface area contributed by atoms with Gasteiger partial charge in [-0.3, -0.25) is 0 Å². The Morgan fingerprint density at radius 1 is 1.50 bits per heavy atom. The van der Waals surface area contributed by atoms with E-state index in [4.69, 9.17) is 9.47 Å². The highest BCUT2D eigenvalue weighted by Crippen LogP contribution is 2.15. The van der Waals surface area contributed by atoms with Crippen molar-refractivity contribution in [2.24, 2.45) is 5.92 Å². The van der Waals surface area contributed by atoms with Gasteiger partial charge in [-0.15, -0.1) is 0 Å². The number of rotatable bonds is 6. The molecule has 0 bridgehead atoms. The molecule has 1 fully saturated rings. The van der Waals surface area contributed by atoms with Gasteiger partial charge in [0.15, 0.2) is 0 Å². The molecule has 1 atom stereocenters. The molecule has 4 heteroatoms. The van der Waals surface area contributed by atoms with Crippen LogP contribution < -0.4 is 5.32 Å². The van der Waals surface area contributed by atoms with Crippen molar-refractivity contribution in [3.8, 4) is 0 Å². The molecule has 2 rings (SSSR count). The quantitative estimate of drug-likeness (QED) is 0.842. The first kappa shape index (κ1) is 13.5. The Kier molecular flexibility index (Phi) is 5.11. The summed E-state index contributed by atoms with van der Waals surface area (Å²) in [5.74, 6) is 0.270. The topological polar surface area (TPSA) is 30.5 Å². The Morgan fingerprint density at radius 2 is 2.39 bits per heavy atom. The molecule has 1 N–H and O–H groups in total. The third kappa shape index (κ3) is 3.77. The maximum atomic E-state index is 13.6. The fourth-order valence-corrected chi connectivity index (χ4v) is 2.10. The Bertz CT molecular complexity index is 378. The molecule has 1 saturated heterocycles. The second-order valence-corrected chi connectivity index (χ2v) is 4.70. The summed E-state index contributed by atoms with van der Waals surface area (Å²) in [6.45, 7) is 3.31. The number of hydrogen-bond acceptors (Lipinski definition) is 3. The second-order valence-electron chi connectivity index (χ2n) is 4.70. The largest absolute Gasteiger partial charge is 0.381 e. The summed E-state index contributed by atoms with van der Waals surface area (Å²) in [4.78, 5) is 0.